The topological polar surface area (TPSA) is 39.1 Å². The van der Waals surface area contributed by atoms with Crippen LogP contribution < -0.4 is 5.32 Å². The van der Waals surface area contributed by atoms with Gasteiger partial charge in [-0.15, -0.1) is 0 Å². The maximum absolute atomic E-state index is 5.92. The van der Waals surface area contributed by atoms with Gasteiger partial charge in [0, 0.05) is 37.7 Å². The van der Waals surface area contributed by atoms with Crippen molar-refractivity contribution in [1.82, 2.24) is 14.9 Å². The van der Waals surface area contributed by atoms with Crippen molar-refractivity contribution in [2.45, 2.75) is 63.6 Å². The van der Waals surface area contributed by atoms with Crippen LogP contribution in [0.25, 0.3) is 0 Å². The summed E-state index contributed by atoms with van der Waals surface area (Å²) in [6.07, 6.45) is 6.57. The molecule has 1 saturated carbocycles. The van der Waals surface area contributed by atoms with E-state index in [4.69, 9.17) is 9.72 Å². The summed E-state index contributed by atoms with van der Waals surface area (Å²) in [4.78, 5) is 4.95. The molecule has 1 saturated heterocycles. The second-order valence-electron chi connectivity index (χ2n) is 6.23. The maximum atomic E-state index is 5.92. The molecular formula is C15H23N3O. The molecule has 2 atom stereocenters. The summed E-state index contributed by atoms with van der Waals surface area (Å²) >= 11 is 0. The Morgan fingerprint density at radius 2 is 2.26 bits per heavy atom. The van der Waals surface area contributed by atoms with E-state index in [0.29, 0.717) is 12.1 Å². The van der Waals surface area contributed by atoms with Crippen molar-refractivity contribution >= 4 is 0 Å². The van der Waals surface area contributed by atoms with Gasteiger partial charge in [-0.3, -0.25) is 0 Å². The zero-order valence-electron chi connectivity index (χ0n) is 11.7. The Hall–Kier alpha value is -0.870. The molecule has 0 aromatic carbocycles. The SMILES string of the molecule is CC(C1CCCO1)n1c(C2CC2)nc2c1CCNC2. The number of nitrogens with one attached hydrogen (secondary N) is 1. The second-order valence-corrected chi connectivity index (χ2v) is 6.23. The lowest BCUT2D eigenvalue weighted by Gasteiger charge is -2.26. The molecule has 0 radical (unpaired) electrons. The zero-order valence-corrected chi connectivity index (χ0v) is 11.7. The largest absolute Gasteiger partial charge is 0.376 e. The highest BCUT2D eigenvalue weighted by atomic mass is 16.5. The number of rotatable bonds is 3. The van der Waals surface area contributed by atoms with E-state index in [-0.39, 0.29) is 0 Å². The Balaban J connectivity index is 1.73. The molecule has 4 heteroatoms. The molecule has 2 aliphatic heterocycles. The molecule has 0 spiro atoms. The van der Waals surface area contributed by atoms with Crippen LogP contribution in [0.15, 0.2) is 0 Å². The first-order valence-corrected chi connectivity index (χ1v) is 7.77. The van der Waals surface area contributed by atoms with Crippen LogP contribution in [0.5, 0.6) is 0 Å². The molecule has 2 unspecified atom stereocenters. The number of hydrogen-bond donors (Lipinski definition) is 1. The average molecular weight is 261 g/mol. The van der Waals surface area contributed by atoms with Crippen molar-refractivity contribution in [3.8, 4) is 0 Å². The maximum Gasteiger partial charge on any atom is 0.112 e. The van der Waals surface area contributed by atoms with Crippen LogP contribution in [0.4, 0.5) is 0 Å². The van der Waals surface area contributed by atoms with Crippen LogP contribution in [0.2, 0.25) is 0 Å². The summed E-state index contributed by atoms with van der Waals surface area (Å²) in [7, 11) is 0. The summed E-state index contributed by atoms with van der Waals surface area (Å²) in [5, 5.41) is 3.44. The van der Waals surface area contributed by atoms with Gasteiger partial charge in [-0.2, -0.15) is 0 Å². The molecule has 4 nitrogen and oxygen atoms in total. The van der Waals surface area contributed by atoms with Crippen LogP contribution in [-0.2, 0) is 17.7 Å². The smallest absolute Gasteiger partial charge is 0.112 e. The molecule has 3 aliphatic rings. The Kier molecular flexibility index (Phi) is 2.88. The molecule has 3 heterocycles. The summed E-state index contributed by atoms with van der Waals surface area (Å²) in [5.74, 6) is 2.06. The molecule has 0 bridgehead atoms. The van der Waals surface area contributed by atoms with E-state index in [9.17, 15) is 0 Å². The van der Waals surface area contributed by atoms with E-state index in [1.807, 2.05) is 0 Å². The van der Waals surface area contributed by atoms with Crippen LogP contribution >= 0.6 is 0 Å². The molecule has 104 valence electrons. The third kappa shape index (κ3) is 2.01. The minimum atomic E-state index is 0.394. The first kappa shape index (κ1) is 11.9. The Morgan fingerprint density at radius 3 is 3.00 bits per heavy atom. The van der Waals surface area contributed by atoms with Gasteiger partial charge >= 0.3 is 0 Å². The zero-order chi connectivity index (χ0) is 12.8. The Bertz CT molecular complexity index is 472. The van der Waals surface area contributed by atoms with Gasteiger partial charge < -0.3 is 14.6 Å². The van der Waals surface area contributed by atoms with Crippen molar-refractivity contribution in [1.29, 1.82) is 0 Å². The summed E-state index contributed by atoms with van der Waals surface area (Å²) in [6.45, 7) is 5.29. The van der Waals surface area contributed by atoms with Gasteiger partial charge in [-0.1, -0.05) is 0 Å². The highest BCUT2D eigenvalue weighted by molar-refractivity contribution is 5.25. The number of nitrogens with zero attached hydrogens (tertiary/aromatic N) is 2. The number of ether oxygens (including phenoxy) is 1. The van der Waals surface area contributed by atoms with Crippen LogP contribution in [0.3, 0.4) is 0 Å². The number of aromatic nitrogens is 2. The van der Waals surface area contributed by atoms with Gasteiger partial charge in [-0.05, 0) is 32.6 Å². The molecule has 2 fully saturated rings. The van der Waals surface area contributed by atoms with Gasteiger partial charge in [-0.25, -0.2) is 4.98 Å². The second kappa shape index (κ2) is 4.60. The average Bonchev–Trinajstić information content (AvgIpc) is 3.01. The molecule has 1 aromatic heterocycles. The van der Waals surface area contributed by atoms with E-state index < -0.39 is 0 Å². The minimum absolute atomic E-state index is 0.394. The van der Waals surface area contributed by atoms with E-state index >= 15 is 0 Å². The predicted octanol–water partition coefficient (Wildman–Crippen LogP) is 2.15. The van der Waals surface area contributed by atoms with Gasteiger partial charge in [0.1, 0.15) is 5.82 Å². The number of imidazole rings is 1. The van der Waals surface area contributed by atoms with Crippen LogP contribution in [-0.4, -0.2) is 28.8 Å². The fourth-order valence-electron chi connectivity index (χ4n) is 3.59. The molecule has 19 heavy (non-hydrogen) atoms. The van der Waals surface area contributed by atoms with Crippen molar-refractivity contribution in [2.24, 2.45) is 0 Å². The molecule has 4 rings (SSSR count). The van der Waals surface area contributed by atoms with Crippen molar-refractivity contribution in [3.05, 3.63) is 17.2 Å². The van der Waals surface area contributed by atoms with Crippen LogP contribution in [0, 0.1) is 0 Å². The standard InChI is InChI=1S/C15H23N3O/c1-10(14-3-2-8-19-14)18-13-6-7-16-9-12(13)17-15(18)11-4-5-11/h10-11,14,16H,2-9H2,1H3. The summed E-state index contributed by atoms with van der Waals surface area (Å²) in [5.41, 5.74) is 2.77. The highest BCUT2D eigenvalue weighted by Gasteiger charge is 2.35. The van der Waals surface area contributed by atoms with Crippen molar-refractivity contribution in [3.63, 3.8) is 0 Å². The van der Waals surface area contributed by atoms with Gasteiger partial charge in [0.2, 0.25) is 0 Å². The minimum Gasteiger partial charge on any atom is -0.376 e. The summed E-state index contributed by atoms with van der Waals surface area (Å²) < 4.78 is 8.47. The summed E-state index contributed by atoms with van der Waals surface area (Å²) in [6, 6.07) is 0.451. The third-order valence-electron chi connectivity index (χ3n) is 4.80. The molecule has 0 amide bonds. The third-order valence-corrected chi connectivity index (χ3v) is 4.80. The quantitative estimate of drug-likeness (QED) is 0.906. The van der Waals surface area contributed by atoms with E-state index in [1.54, 1.807) is 0 Å². The molecular weight excluding hydrogens is 238 g/mol. The lowest BCUT2D eigenvalue weighted by Crippen LogP contribution is -2.28. The Labute approximate surface area is 114 Å². The van der Waals surface area contributed by atoms with Gasteiger partial charge in [0.25, 0.3) is 0 Å². The monoisotopic (exact) mass is 261 g/mol. The highest BCUT2D eigenvalue weighted by Crippen LogP contribution is 2.42. The number of fused-ring (bicyclic) bond motifs is 1. The fraction of sp³-hybridized carbons (Fsp3) is 0.800. The number of hydrogen-bond acceptors (Lipinski definition) is 3. The molecule has 1 aromatic rings. The van der Waals surface area contributed by atoms with E-state index in [1.165, 1.54) is 42.9 Å². The first-order chi connectivity index (χ1) is 9.34. The van der Waals surface area contributed by atoms with Gasteiger partial charge in [0.15, 0.2) is 0 Å². The predicted molar refractivity (Wildman–Crippen MR) is 73.3 cm³/mol. The Morgan fingerprint density at radius 1 is 1.37 bits per heavy atom. The first-order valence-electron chi connectivity index (χ1n) is 7.77. The molecule has 1 N–H and O–H groups in total. The lowest BCUT2D eigenvalue weighted by atomic mass is 10.1. The van der Waals surface area contributed by atoms with Crippen LogP contribution in [0.1, 0.15) is 61.8 Å². The molecule has 1 aliphatic carbocycles. The van der Waals surface area contributed by atoms with Crippen molar-refractivity contribution in [2.75, 3.05) is 13.2 Å². The van der Waals surface area contributed by atoms with E-state index in [2.05, 4.69) is 16.8 Å². The lowest BCUT2D eigenvalue weighted by molar-refractivity contribution is 0.0713. The van der Waals surface area contributed by atoms with E-state index in [0.717, 1.165) is 32.0 Å². The van der Waals surface area contributed by atoms with Crippen molar-refractivity contribution < 1.29 is 4.74 Å². The fourth-order valence-corrected chi connectivity index (χ4v) is 3.59. The van der Waals surface area contributed by atoms with Gasteiger partial charge in [0.05, 0.1) is 17.8 Å². The normalized spacial score (nSPS) is 28.4.